The third kappa shape index (κ3) is 3.33. The van der Waals surface area contributed by atoms with E-state index in [4.69, 9.17) is 4.74 Å². The first-order valence-electron chi connectivity index (χ1n) is 7.80. The Bertz CT molecular complexity index is 530. The maximum Gasteiger partial charge on any atom is 0.306 e. The minimum Gasteiger partial charge on any atom is -0.481 e. The van der Waals surface area contributed by atoms with Crippen molar-refractivity contribution in [3.05, 3.63) is 22.4 Å². The van der Waals surface area contributed by atoms with Crippen molar-refractivity contribution < 1.29 is 19.4 Å². The molecule has 2 fully saturated rings. The monoisotopic (exact) mass is 323 g/mol. The van der Waals surface area contributed by atoms with Crippen molar-refractivity contribution >= 4 is 23.2 Å². The van der Waals surface area contributed by atoms with Gasteiger partial charge < -0.3 is 14.7 Å². The largest absolute Gasteiger partial charge is 0.481 e. The molecule has 6 heteroatoms. The molecule has 1 saturated carbocycles. The van der Waals surface area contributed by atoms with E-state index < -0.39 is 5.97 Å². The topological polar surface area (TPSA) is 66.8 Å². The highest BCUT2D eigenvalue weighted by Crippen LogP contribution is 2.32. The fourth-order valence-electron chi connectivity index (χ4n) is 3.41. The van der Waals surface area contributed by atoms with E-state index in [2.05, 4.69) is 5.38 Å². The van der Waals surface area contributed by atoms with Gasteiger partial charge in [0.25, 0.3) is 0 Å². The number of nitrogens with zero attached hydrogens (tertiary/aromatic N) is 1. The molecule has 2 heterocycles. The molecule has 0 radical (unpaired) electrons. The predicted octanol–water partition coefficient (Wildman–Crippen LogP) is 2.54. The van der Waals surface area contributed by atoms with E-state index in [1.165, 1.54) is 0 Å². The number of ether oxygens (including phenoxy) is 1. The van der Waals surface area contributed by atoms with E-state index in [1.807, 2.05) is 16.3 Å². The normalized spacial score (nSPS) is 29.3. The van der Waals surface area contributed by atoms with E-state index in [1.54, 1.807) is 11.3 Å². The summed E-state index contributed by atoms with van der Waals surface area (Å²) in [5, 5.41) is 13.2. The van der Waals surface area contributed by atoms with Gasteiger partial charge in [0, 0.05) is 12.5 Å². The summed E-state index contributed by atoms with van der Waals surface area (Å²) in [5.41, 5.74) is 1.12. The standard InChI is InChI=1S/C16H21NO4S/c18-15(11-2-1-3-12(8-11)16(19)20)17-5-6-21-14(9-17)13-4-7-22-10-13/h4,7,10-12,14H,1-3,5-6,8-9H2,(H,19,20). The third-order valence-electron chi connectivity index (χ3n) is 4.67. The Kier molecular flexibility index (Phi) is 4.78. The molecule has 22 heavy (non-hydrogen) atoms. The fourth-order valence-corrected chi connectivity index (χ4v) is 4.11. The smallest absolute Gasteiger partial charge is 0.306 e. The first-order chi connectivity index (χ1) is 10.6. The average molecular weight is 323 g/mol. The molecule has 1 saturated heterocycles. The molecule has 5 nitrogen and oxygen atoms in total. The van der Waals surface area contributed by atoms with Crippen molar-refractivity contribution in [2.24, 2.45) is 11.8 Å². The Labute approximate surface area is 133 Å². The molecule has 1 amide bonds. The maximum absolute atomic E-state index is 12.7. The Morgan fingerprint density at radius 1 is 1.32 bits per heavy atom. The lowest BCUT2D eigenvalue weighted by Crippen LogP contribution is -2.46. The van der Waals surface area contributed by atoms with Gasteiger partial charge in [-0.25, -0.2) is 0 Å². The van der Waals surface area contributed by atoms with Gasteiger partial charge in [-0.2, -0.15) is 11.3 Å². The van der Waals surface area contributed by atoms with Gasteiger partial charge in [0.1, 0.15) is 6.10 Å². The first kappa shape index (κ1) is 15.5. The second kappa shape index (κ2) is 6.79. The Morgan fingerprint density at radius 3 is 2.86 bits per heavy atom. The fraction of sp³-hybridized carbons (Fsp3) is 0.625. The van der Waals surface area contributed by atoms with Crippen molar-refractivity contribution in [2.75, 3.05) is 19.7 Å². The number of thiophene rings is 1. The minimum absolute atomic E-state index is 0.0530. The van der Waals surface area contributed by atoms with Gasteiger partial charge in [-0.1, -0.05) is 6.42 Å². The van der Waals surface area contributed by atoms with Gasteiger partial charge in [-0.3, -0.25) is 9.59 Å². The quantitative estimate of drug-likeness (QED) is 0.928. The van der Waals surface area contributed by atoms with Crippen molar-refractivity contribution in [3.63, 3.8) is 0 Å². The number of rotatable bonds is 3. The minimum atomic E-state index is -0.768. The van der Waals surface area contributed by atoms with E-state index in [0.717, 1.165) is 18.4 Å². The Hall–Kier alpha value is -1.40. The zero-order valence-corrected chi connectivity index (χ0v) is 13.3. The molecule has 0 bridgehead atoms. The molecular formula is C16H21NO4S. The van der Waals surface area contributed by atoms with Crippen LogP contribution in [0.5, 0.6) is 0 Å². The highest BCUT2D eigenvalue weighted by Gasteiger charge is 2.35. The van der Waals surface area contributed by atoms with Crippen LogP contribution in [0, 0.1) is 11.8 Å². The van der Waals surface area contributed by atoms with Gasteiger partial charge in [-0.05, 0) is 41.7 Å². The first-order valence-corrected chi connectivity index (χ1v) is 8.74. The number of hydrogen-bond acceptors (Lipinski definition) is 4. The number of carbonyl (C=O) groups is 2. The number of carboxylic acid groups (broad SMARTS) is 1. The van der Waals surface area contributed by atoms with Crippen LogP contribution in [0.4, 0.5) is 0 Å². The van der Waals surface area contributed by atoms with Crippen LogP contribution in [0.1, 0.15) is 37.4 Å². The second-order valence-electron chi connectivity index (χ2n) is 6.10. The summed E-state index contributed by atoms with van der Waals surface area (Å²) in [5.74, 6) is -1.17. The lowest BCUT2D eigenvalue weighted by Gasteiger charge is -2.36. The van der Waals surface area contributed by atoms with Gasteiger partial charge in [-0.15, -0.1) is 0 Å². The van der Waals surface area contributed by atoms with Gasteiger partial charge >= 0.3 is 5.97 Å². The average Bonchev–Trinajstić information content (AvgIpc) is 3.09. The number of aliphatic carboxylic acids is 1. The molecule has 2 aliphatic rings. The number of carboxylic acids is 1. The summed E-state index contributed by atoms with van der Waals surface area (Å²) in [6.07, 6.45) is 2.76. The predicted molar refractivity (Wildman–Crippen MR) is 82.7 cm³/mol. The summed E-state index contributed by atoms with van der Waals surface area (Å²) in [4.78, 5) is 25.7. The number of morpholine rings is 1. The van der Waals surface area contributed by atoms with Crippen LogP contribution in [0.15, 0.2) is 16.8 Å². The molecule has 120 valence electrons. The second-order valence-corrected chi connectivity index (χ2v) is 6.88. The van der Waals surface area contributed by atoms with E-state index in [-0.39, 0.29) is 23.8 Å². The molecule has 1 aliphatic carbocycles. The van der Waals surface area contributed by atoms with Crippen LogP contribution in [-0.2, 0) is 14.3 Å². The van der Waals surface area contributed by atoms with Crippen molar-refractivity contribution in [1.29, 1.82) is 0 Å². The zero-order chi connectivity index (χ0) is 15.5. The zero-order valence-electron chi connectivity index (χ0n) is 12.4. The van der Waals surface area contributed by atoms with E-state index in [9.17, 15) is 14.7 Å². The van der Waals surface area contributed by atoms with Gasteiger partial charge in [0.2, 0.25) is 5.91 Å². The van der Waals surface area contributed by atoms with Crippen molar-refractivity contribution in [1.82, 2.24) is 4.90 Å². The lowest BCUT2D eigenvalue weighted by molar-refractivity contribution is -0.148. The summed E-state index contributed by atoms with van der Waals surface area (Å²) in [6.45, 7) is 1.72. The van der Waals surface area contributed by atoms with E-state index in [0.29, 0.717) is 32.5 Å². The van der Waals surface area contributed by atoms with Gasteiger partial charge in [0.15, 0.2) is 0 Å². The summed E-state index contributed by atoms with van der Waals surface area (Å²) in [7, 11) is 0. The molecule has 3 atom stereocenters. The SMILES string of the molecule is O=C(O)C1CCCC(C(=O)N2CCOC(c3ccsc3)C2)C1. The molecule has 1 aromatic heterocycles. The Morgan fingerprint density at radius 2 is 2.14 bits per heavy atom. The molecule has 0 spiro atoms. The van der Waals surface area contributed by atoms with Crippen molar-refractivity contribution in [3.8, 4) is 0 Å². The van der Waals surface area contributed by atoms with Crippen molar-refractivity contribution in [2.45, 2.75) is 31.8 Å². The van der Waals surface area contributed by atoms with E-state index >= 15 is 0 Å². The number of amides is 1. The van der Waals surface area contributed by atoms with Crippen LogP contribution < -0.4 is 0 Å². The summed E-state index contributed by atoms with van der Waals surface area (Å²) >= 11 is 1.63. The van der Waals surface area contributed by atoms with Crippen LogP contribution >= 0.6 is 11.3 Å². The molecule has 1 aromatic rings. The molecule has 3 rings (SSSR count). The highest BCUT2D eigenvalue weighted by atomic mass is 32.1. The summed E-state index contributed by atoms with van der Waals surface area (Å²) in [6, 6.07) is 2.03. The molecule has 1 aliphatic heterocycles. The summed E-state index contributed by atoms with van der Waals surface area (Å²) < 4.78 is 5.77. The lowest BCUT2D eigenvalue weighted by atomic mass is 9.80. The molecule has 0 aromatic carbocycles. The molecule has 1 N–H and O–H groups in total. The molecular weight excluding hydrogens is 302 g/mol. The number of carbonyl (C=O) groups excluding carboxylic acids is 1. The van der Waals surface area contributed by atoms with Crippen LogP contribution in [0.3, 0.4) is 0 Å². The number of hydrogen-bond donors (Lipinski definition) is 1. The van der Waals surface area contributed by atoms with Gasteiger partial charge in [0.05, 0.1) is 19.1 Å². The third-order valence-corrected chi connectivity index (χ3v) is 5.37. The molecule has 3 unspecified atom stereocenters. The maximum atomic E-state index is 12.7. The van der Waals surface area contributed by atoms with Crippen LogP contribution in [0.25, 0.3) is 0 Å². The highest BCUT2D eigenvalue weighted by molar-refractivity contribution is 7.07. The Balaban J connectivity index is 1.63. The van der Waals surface area contributed by atoms with Crippen LogP contribution in [-0.4, -0.2) is 41.6 Å². The van der Waals surface area contributed by atoms with Crippen LogP contribution in [0.2, 0.25) is 0 Å².